The van der Waals surface area contributed by atoms with E-state index in [-0.39, 0.29) is 18.3 Å². The van der Waals surface area contributed by atoms with Crippen molar-refractivity contribution in [2.24, 2.45) is 11.8 Å². The molecule has 0 aromatic heterocycles. The molecule has 112 valence electrons. The highest BCUT2D eigenvalue weighted by Gasteiger charge is 2.44. The van der Waals surface area contributed by atoms with Crippen LogP contribution in [0.2, 0.25) is 0 Å². The Morgan fingerprint density at radius 1 is 1.37 bits per heavy atom. The highest BCUT2D eigenvalue weighted by molar-refractivity contribution is 5.86. The molecule has 1 N–H and O–H groups in total. The lowest BCUT2D eigenvalue weighted by Gasteiger charge is -2.37. The summed E-state index contributed by atoms with van der Waals surface area (Å²) >= 11 is 0. The van der Waals surface area contributed by atoms with E-state index in [4.69, 9.17) is 4.74 Å². The number of nitrogens with one attached hydrogen (secondary N) is 1. The van der Waals surface area contributed by atoms with Crippen LogP contribution >= 0.6 is 12.4 Å². The normalized spacial score (nSPS) is 26.3. The summed E-state index contributed by atoms with van der Waals surface area (Å²) in [6, 6.07) is 0. The van der Waals surface area contributed by atoms with Crippen molar-refractivity contribution in [3.63, 3.8) is 0 Å². The van der Waals surface area contributed by atoms with Crippen molar-refractivity contribution in [1.82, 2.24) is 10.2 Å². The number of nitrogens with zero attached hydrogens (tertiary/aromatic N) is 1. The number of methoxy groups -OCH3 is 1. The maximum atomic E-state index is 12.7. The van der Waals surface area contributed by atoms with Crippen LogP contribution in [0.15, 0.2) is 0 Å². The first kappa shape index (κ1) is 16.7. The average Bonchev–Trinajstić information content (AvgIpc) is 2.88. The summed E-state index contributed by atoms with van der Waals surface area (Å²) < 4.78 is 5.62. The van der Waals surface area contributed by atoms with Crippen molar-refractivity contribution in [2.75, 3.05) is 33.3 Å². The number of rotatable bonds is 3. The molecule has 1 unspecified atom stereocenters. The van der Waals surface area contributed by atoms with Crippen molar-refractivity contribution in [3.8, 4) is 0 Å². The van der Waals surface area contributed by atoms with Crippen molar-refractivity contribution < 1.29 is 9.53 Å². The Hall–Kier alpha value is -0.320. The molecule has 0 aromatic carbocycles. The van der Waals surface area contributed by atoms with Crippen molar-refractivity contribution in [1.29, 1.82) is 0 Å². The number of likely N-dealkylation sites (tertiary alicyclic amines) is 1. The van der Waals surface area contributed by atoms with E-state index < -0.39 is 5.60 Å². The summed E-state index contributed by atoms with van der Waals surface area (Å²) in [7, 11) is 1.68. The third-order valence-corrected chi connectivity index (χ3v) is 4.65. The van der Waals surface area contributed by atoms with Crippen LogP contribution in [0.5, 0.6) is 0 Å². The fourth-order valence-electron chi connectivity index (χ4n) is 3.14. The second-order valence-corrected chi connectivity index (χ2v) is 5.99. The van der Waals surface area contributed by atoms with Crippen LogP contribution in [0.25, 0.3) is 0 Å². The minimum absolute atomic E-state index is 0. The Labute approximate surface area is 122 Å². The molecule has 5 heteroatoms. The molecule has 0 spiro atoms. The van der Waals surface area contributed by atoms with Gasteiger partial charge in [0.2, 0.25) is 0 Å². The summed E-state index contributed by atoms with van der Waals surface area (Å²) in [5.41, 5.74) is -0.558. The molecule has 2 heterocycles. The molecule has 4 nitrogen and oxygen atoms in total. The fourth-order valence-corrected chi connectivity index (χ4v) is 3.14. The molecule has 2 aliphatic rings. The maximum Gasteiger partial charge on any atom is 0.254 e. The largest absolute Gasteiger partial charge is 0.368 e. The Morgan fingerprint density at radius 3 is 2.47 bits per heavy atom. The van der Waals surface area contributed by atoms with Gasteiger partial charge in [0.05, 0.1) is 0 Å². The first-order valence-electron chi connectivity index (χ1n) is 7.14. The lowest BCUT2D eigenvalue weighted by molar-refractivity contribution is -0.157. The number of carbonyl (C=O) groups excluding carboxylic acids is 1. The van der Waals surface area contributed by atoms with Crippen LogP contribution in [0.4, 0.5) is 0 Å². The molecule has 0 radical (unpaired) electrons. The van der Waals surface area contributed by atoms with Gasteiger partial charge in [0.15, 0.2) is 0 Å². The molecule has 0 aliphatic carbocycles. The number of piperidine rings is 1. The first-order chi connectivity index (χ1) is 8.59. The summed E-state index contributed by atoms with van der Waals surface area (Å²) in [4.78, 5) is 14.7. The van der Waals surface area contributed by atoms with E-state index in [1.54, 1.807) is 7.11 Å². The van der Waals surface area contributed by atoms with Crippen molar-refractivity contribution in [3.05, 3.63) is 0 Å². The Bertz CT molecular complexity index is 304. The third-order valence-electron chi connectivity index (χ3n) is 4.65. The van der Waals surface area contributed by atoms with Gasteiger partial charge in [-0.05, 0) is 44.2 Å². The van der Waals surface area contributed by atoms with E-state index in [2.05, 4.69) is 19.2 Å². The molecule has 0 bridgehead atoms. The number of amides is 1. The van der Waals surface area contributed by atoms with Gasteiger partial charge in [0.1, 0.15) is 5.60 Å². The number of hydrogen-bond donors (Lipinski definition) is 1. The van der Waals surface area contributed by atoms with E-state index in [9.17, 15) is 4.79 Å². The van der Waals surface area contributed by atoms with Gasteiger partial charge in [0, 0.05) is 20.2 Å². The lowest BCUT2D eigenvalue weighted by Crippen LogP contribution is -2.54. The molecule has 19 heavy (non-hydrogen) atoms. The van der Waals surface area contributed by atoms with Crippen LogP contribution in [-0.4, -0.2) is 49.7 Å². The van der Waals surface area contributed by atoms with E-state index >= 15 is 0 Å². The summed E-state index contributed by atoms with van der Waals surface area (Å²) in [6.45, 7) is 8.06. The van der Waals surface area contributed by atoms with E-state index in [1.165, 1.54) is 0 Å². The highest BCUT2D eigenvalue weighted by atomic mass is 35.5. The average molecular weight is 291 g/mol. The molecule has 2 saturated heterocycles. The molecule has 1 amide bonds. The number of ether oxygens (including phenoxy) is 1. The first-order valence-corrected chi connectivity index (χ1v) is 7.14. The van der Waals surface area contributed by atoms with Crippen LogP contribution in [-0.2, 0) is 9.53 Å². The zero-order valence-electron chi connectivity index (χ0n) is 12.3. The van der Waals surface area contributed by atoms with Crippen LogP contribution in [0, 0.1) is 11.8 Å². The Kier molecular flexibility index (Phi) is 6.09. The SMILES string of the molecule is COC1(C(=O)N2CCC(C(C)C)C2)CCNCC1.Cl. The summed E-state index contributed by atoms with van der Waals surface area (Å²) in [6.07, 6.45) is 2.73. The fraction of sp³-hybridized carbons (Fsp3) is 0.929. The topological polar surface area (TPSA) is 41.6 Å². The van der Waals surface area contributed by atoms with Crippen molar-refractivity contribution >= 4 is 18.3 Å². The summed E-state index contributed by atoms with van der Waals surface area (Å²) in [5, 5.41) is 3.30. The lowest BCUT2D eigenvalue weighted by atomic mass is 9.90. The van der Waals surface area contributed by atoms with Gasteiger partial charge in [-0.25, -0.2) is 0 Å². The quantitative estimate of drug-likeness (QED) is 0.860. The molecule has 2 aliphatic heterocycles. The monoisotopic (exact) mass is 290 g/mol. The van der Waals surface area contributed by atoms with E-state index in [0.29, 0.717) is 11.8 Å². The molecular weight excluding hydrogens is 264 g/mol. The molecule has 1 atom stereocenters. The van der Waals surface area contributed by atoms with E-state index in [1.807, 2.05) is 4.90 Å². The predicted octanol–water partition coefficient (Wildman–Crippen LogP) is 1.68. The smallest absolute Gasteiger partial charge is 0.254 e. The minimum Gasteiger partial charge on any atom is -0.368 e. The standard InChI is InChI=1S/C14H26N2O2.ClH/c1-11(2)12-4-9-16(10-12)13(17)14(18-3)5-7-15-8-6-14;/h11-12,15H,4-10H2,1-3H3;1H. The Morgan fingerprint density at radius 2 is 2.00 bits per heavy atom. The van der Waals surface area contributed by atoms with Gasteiger partial charge >= 0.3 is 0 Å². The van der Waals surface area contributed by atoms with E-state index in [0.717, 1.165) is 45.4 Å². The van der Waals surface area contributed by atoms with Crippen molar-refractivity contribution in [2.45, 2.75) is 38.7 Å². The van der Waals surface area contributed by atoms with Gasteiger partial charge in [-0.3, -0.25) is 4.79 Å². The van der Waals surface area contributed by atoms with Crippen LogP contribution < -0.4 is 5.32 Å². The van der Waals surface area contributed by atoms with Gasteiger partial charge in [-0.2, -0.15) is 0 Å². The molecular formula is C14H27ClN2O2. The molecule has 0 aromatic rings. The van der Waals surface area contributed by atoms with Crippen LogP contribution in [0.3, 0.4) is 0 Å². The summed E-state index contributed by atoms with van der Waals surface area (Å²) in [5.74, 6) is 1.54. The second-order valence-electron chi connectivity index (χ2n) is 5.99. The van der Waals surface area contributed by atoms with Gasteiger partial charge < -0.3 is 15.0 Å². The molecule has 2 rings (SSSR count). The van der Waals surface area contributed by atoms with Gasteiger partial charge in [-0.15, -0.1) is 12.4 Å². The highest BCUT2D eigenvalue weighted by Crippen LogP contribution is 2.30. The maximum absolute atomic E-state index is 12.7. The minimum atomic E-state index is -0.558. The third kappa shape index (κ3) is 3.41. The second kappa shape index (κ2) is 6.91. The predicted molar refractivity (Wildman–Crippen MR) is 78.6 cm³/mol. The zero-order valence-corrected chi connectivity index (χ0v) is 13.1. The van der Waals surface area contributed by atoms with Crippen LogP contribution in [0.1, 0.15) is 33.1 Å². The zero-order chi connectivity index (χ0) is 13.2. The van der Waals surface area contributed by atoms with Gasteiger partial charge in [-0.1, -0.05) is 13.8 Å². The molecule has 0 saturated carbocycles. The molecule has 2 fully saturated rings. The Balaban J connectivity index is 0.00000180. The number of carbonyl (C=O) groups is 1. The van der Waals surface area contributed by atoms with Gasteiger partial charge in [0.25, 0.3) is 5.91 Å². The number of hydrogen-bond acceptors (Lipinski definition) is 3. The number of halogens is 1.